The number of aromatic nitrogens is 2. The second-order valence-electron chi connectivity index (χ2n) is 4.16. The van der Waals surface area contributed by atoms with Crippen LogP contribution in [0.1, 0.15) is 17.8 Å². The summed E-state index contributed by atoms with van der Waals surface area (Å²) in [5.74, 6) is 0.577. The molecule has 1 unspecified atom stereocenters. The molecule has 5 heteroatoms. The summed E-state index contributed by atoms with van der Waals surface area (Å²) in [6.07, 6.45) is 0. The number of nitrogens with two attached hydrogens (primary N) is 1. The van der Waals surface area contributed by atoms with Crippen LogP contribution in [-0.2, 0) is 0 Å². The van der Waals surface area contributed by atoms with Gasteiger partial charge in [-0.1, -0.05) is 6.07 Å². The number of anilines is 1. The van der Waals surface area contributed by atoms with E-state index < -0.39 is 0 Å². The van der Waals surface area contributed by atoms with Crippen LogP contribution in [-0.4, -0.2) is 9.55 Å². The van der Waals surface area contributed by atoms with Gasteiger partial charge in [-0.3, -0.25) is 0 Å². The number of hydrogen-bond donors (Lipinski definition) is 1. The Kier molecular flexibility index (Phi) is 3.03. The molecule has 2 N–H and O–H groups in total. The molecule has 3 aromatic rings. The number of rotatable bonds is 2. The number of thiophene rings is 1. The summed E-state index contributed by atoms with van der Waals surface area (Å²) >= 11 is 4.03. The van der Waals surface area contributed by atoms with Crippen molar-refractivity contribution in [2.75, 3.05) is 5.73 Å². The predicted octanol–water partition coefficient (Wildman–Crippen LogP) is 3.89. The minimum absolute atomic E-state index is 0.218. The van der Waals surface area contributed by atoms with E-state index in [0.717, 1.165) is 11.0 Å². The van der Waals surface area contributed by atoms with Gasteiger partial charge >= 0.3 is 0 Å². The fourth-order valence-electron chi connectivity index (χ4n) is 2.15. The lowest BCUT2D eigenvalue weighted by Gasteiger charge is -2.14. The van der Waals surface area contributed by atoms with Crippen LogP contribution < -0.4 is 5.73 Å². The molecule has 2 heterocycles. The molecule has 0 aliphatic rings. The first-order chi connectivity index (χ1) is 8.66. The highest BCUT2D eigenvalue weighted by Crippen LogP contribution is 2.30. The Morgan fingerprint density at radius 3 is 2.94 bits per heavy atom. The SMILES string of the molecule is CC(c1cccs1)n1c(N)nc2cc(I)ccc21. The molecule has 0 amide bonds. The van der Waals surface area contributed by atoms with Gasteiger partial charge in [0.15, 0.2) is 0 Å². The molecule has 0 radical (unpaired) electrons. The van der Waals surface area contributed by atoms with Gasteiger partial charge in [-0.2, -0.15) is 0 Å². The van der Waals surface area contributed by atoms with Crippen molar-refractivity contribution in [3.8, 4) is 0 Å². The Bertz CT molecular complexity index is 688. The highest BCUT2D eigenvalue weighted by molar-refractivity contribution is 14.1. The lowest BCUT2D eigenvalue weighted by atomic mass is 10.2. The molecular formula is C13H12IN3S. The van der Waals surface area contributed by atoms with Crippen LogP contribution in [0, 0.1) is 3.57 Å². The quantitative estimate of drug-likeness (QED) is 0.697. The van der Waals surface area contributed by atoms with E-state index in [9.17, 15) is 0 Å². The van der Waals surface area contributed by atoms with Crippen molar-refractivity contribution in [2.45, 2.75) is 13.0 Å². The van der Waals surface area contributed by atoms with Crippen molar-refractivity contribution in [1.82, 2.24) is 9.55 Å². The second-order valence-corrected chi connectivity index (χ2v) is 6.39. The molecule has 0 saturated carbocycles. The monoisotopic (exact) mass is 369 g/mol. The van der Waals surface area contributed by atoms with Crippen LogP contribution in [0.5, 0.6) is 0 Å². The van der Waals surface area contributed by atoms with Gasteiger partial charge in [-0.15, -0.1) is 11.3 Å². The standard InChI is InChI=1S/C13H12IN3S/c1-8(12-3-2-6-18-12)17-11-5-4-9(14)7-10(11)16-13(17)15/h2-8H,1H3,(H2,15,16). The molecule has 2 aromatic heterocycles. The summed E-state index contributed by atoms with van der Waals surface area (Å²) in [7, 11) is 0. The molecule has 1 atom stereocenters. The van der Waals surface area contributed by atoms with E-state index in [1.807, 2.05) is 0 Å². The molecule has 0 aliphatic heterocycles. The highest BCUT2D eigenvalue weighted by Gasteiger charge is 2.16. The lowest BCUT2D eigenvalue weighted by Crippen LogP contribution is -2.08. The fourth-order valence-corrected chi connectivity index (χ4v) is 3.40. The maximum absolute atomic E-state index is 6.06. The van der Waals surface area contributed by atoms with Crippen molar-refractivity contribution in [3.05, 3.63) is 44.2 Å². The minimum Gasteiger partial charge on any atom is -0.369 e. The summed E-state index contributed by atoms with van der Waals surface area (Å²) in [6.45, 7) is 2.15. The van der Waals surface area contributed by atoms with Crippen LogP contribution in [0.25, 0.3) is 11.0 Å². The summed E-state index contributed by atoms with van der Waals surface area (Å²) in [5.41, 5.74) is 8.12. The van der Waals surface area contributed by atoms with E-state index in [1.165, 1.54) is 8.45 Å². The Balaban J connectivity index is 2.19. The smallest absolute Gasteiger partial charge is 0.201 e. The number of imidazole rings is 1. The molecule has 0 fully saturated rings. The van der Waals surface area contributed by atoms with Crippen LogP contribution in [0.15, 0.2) is 35.7 Å². The van der Waals surface area contributed by atoms with E-state index in [1.54, 1.807) is 11.3 Å². The van der Waals surface area contributed by atoms with Crippen LogP contribution in [0.2, 0.25) is 0 Å². The van der Waals surface area contributed by atoms with E-state index in [-0.39, 0.29) is 6.04 Å². The predicted molar refractivity (Wildman–Crippen MR) is 85.0 cm³/mol. The Labute approximate surface area is 123 Å². The van der Waals surface area contributed by atoms with Crippen LogP contribution in [0.4, 0.5) is 5.95 Å². The van der Waals surface area contributed by atoms with Crippen molar-refractivity contribution < 1.29 is 0 Å². The molecule has 18 heavy (non-hydrogen) atoms. The summed E-state index contributed by atoms with van der Waals surface area (Å²) < 4.78 is 3.27. The fraction of sp³-hybridized carbons (Fsp3) is 0.154. The van der Waals surface area contributed by atoms with E-state index in [2.05, 4.69) is 74.8 Å². The van der Waals surface area contributed by atoms with Gasteiger partial charge < -0.3 is 10.3 Å². The number of fused-ring (bicyclic) bond motifs is 1. The molecule has 0 saturated heterocycles. The van der Waals surface area contributed by atoms with Gasteiger partial charge in [-0.25, -0.2) is 4.98 Å². The topological polar surface area (TPSA) is 43.8 Å². The molecule has 3 rings (SSSR count). The van der Waals surface area contributed by atoms with Crippen molar-refractivity contribution in [1.29, 1.82) is 0 Å². The molecule has 0 spiro atoms. The number of nitrogen functional groups attached to an aromatic ring is 1. The van der Waals surface area contributed by atoms with E-state index >= 15 is 0 Å². The van der Waals surface area contributed by atoms with Crippen molar-refractivity contribution in [2.24, 2.45) is 0 Å². The molecule has 0 bridgehead atoms. The third kappa shape index (κ3) is 1.91. The zero-order chi connectivity index (χ0) is 12.7. The van der Waals surface area contributed by atoms with Crippen LogP contribution in [0.3, 0.4) is 0 Å². The van der Waals surface area contributed by atoms with Crippen LogP contribution >= 0.6 is 33.9 Å². The first-order valence-corrected chi connectivity index (χ1v) is 7.59. The maximum atomic E-state index is 6.06. The third-order valence-corrected chi connectivity index (χ3v) is 4.73. The highest BCUT2D eigenvalue weighted by atomic mass is 127. The summed E-state index contributed by atoms with van der Waals surface area (Å²) in [5, 5.41) is 2.09. The first-order valence-electron chi connectivity index (χ1n) is 5.63. The summed E-state index contributed by atoms with van der Waals surface area (Å²) in [6, 6.07) is 10.6. The van der Waals surface area contributed by atoms with E-state index in [0.29, 0.717) is 5.95 Å². The summed E-state index contributed by atoms with van der Waals surface area (Å²) in [4.78, 5) is 5.74. The molecule has 3 nitrogen and oxygen atoms in total. The molecular weight excluding hydrogens is 357 g/mol. The number of benzene rings is 1. The van der Waals surface area contributed by atoms with Crippen molar-refractivity contribution in [3.63, 3.8) is 0 Å². The van der Waals surface area contributed by atoms with E-state index in [4.69, 9.17) is 5.73 Å². The molecule has 92 valence electrons. The van der Waals surface area contributed by atoms with Gasteiger partial charge in [0.25, 0.3) is 0 Å². The van der Waals surface area contributed by atoms with Gasteiger partial charge in [0, 0.05) is 8.45 Å². The number of nitrogens with zero attached hydrogens (tertiary/aromatic N) is 2. The average molecular weight is 369 g/mol. The molecule has 1 aromatic carbocycles. The Morgan fingerprint density at radius 1 is 1.39 bits per heavy atom. The molecule has 0 aliphatic carbocycles. The maximum Gasteiger partial charge on any atom is 0.201 e. The third-order valence-electron chi connectivity index (χ3n) is 3.02. The first kappa shape index (κ1) is 12.0. The Morgan fingerprint density at radius 2 is 2.22 bits per heavy atom. The van der Waals surface area contributed by atoms with Gasteiger partial charge in [-0.05, 0) is 59.2 Å². The number of halogens is 1. The number of hydrogen-bond acceptors (Lipinski definition) is 3. The Hall–Kier alpha value is -1.08. The average Bonchev–Trinajstić information content (AvgIpc) is 2.94. The van der Waals surface area contributed by atoms with Gasteiger partial charge in [0.05, 0.1) is 17.1 Å². The van der Waals surface area contributed by atoms with Crippen molar-refractivity contribution >= 4 is 50.9 Å². The second kappa shape index (κ2) is 4.55. The van der Waals surface area contributed by atoms with Gasteiger partial charge in [0.1, 0.15) is 0 Å². The lowest BCUT2D eigenvalue weighted by molar-refractivity contribution is 0.680. The largest absolute Gasteiger partial charge is 0.369 e. The normalized spacial score (nSPS) is 13.0. The zero-order valence-electron chi connectivity index (χ0n) is 9.80. The van der Waals surface area contributed by atoms with Gasteiger partial charge in [0.2, 0.25) is 5.95 Å². The zero-order valence-corrected chi connectivity index (χ0v) is 12.8. The minimum atomic E-state index is 0.218.